The van der Waals surface area contributed by atoms with Crippen LogP contribution in [-0.2, 0) is 11.3 Å². The molecule has 0 saturated carbocycles. The minimum absolute atomic E-state index is 0.174. The number of methoxy groups -OCH3 is 1. The third-order valence-corrected chi connectivity index (χ3v) is 3.48. The number of nitrogens with one attached hydrogen (secondary N) is 1. The molecule has 0 spiro atoms. The van der Waals surface area contributed by atoms with Gasteiger partial charge in [0.25, 0.3) is 0 Å². The van der Waals surface area contributed by atoms with Crippen molar-refractivity contribution in [2.24, 2.45) is 0 Å². The summed E-state index contributed by atoms with van der Waals surface area (Å²) in [6.07, 6.45) is 1.66. The SMILES string of the molecule is CCOC(=O)c1c(N)nsc1NCc1ccnc(OC)c1. The molecule has 0 aromatic carbocycles. The Morgan fingerprint density at radius 1 is 1.52 bits per heavy atom. The van der Waals surface area contributed by atoms with Gasteiger partial charge < -0.3 is 20.5 Å². The number of pyridine rings is 1. The zero-order valence-corrected chi connectivity index (χ0v) is 12.6. The number of nitrogens with zero attached hydrogens (tertiary/aromatic N) is 2. The van der Waals surface area contributed by atoms with Gasteiger partial charge in [0.05, 0.1) is 13.7 Å². The molecule has 21 heavy (non-hydrogen) atoms. The third-order valence-electron chi connectivity index (χ3n) is 2.66. The first kappa shape index (κ1) is 15.0. The smallest absolute Gasteiger partial charge is 0.344 e. The molecule has 0 fully saturated rings. The fourth-order valence-electron chi connectivity index (χ4n) is 1.68. The van der Waals surface area contributed by atoms with Gasteiger partial charge in [0.15, 0.2) is 5.82 Å². The average molecular weight is 308 g/mol. The lowest BCUT2D eigenvalue weighted by molar-refractivity contribution is 0.0529. The van der Waals surface area contributed by atoms with Crippen molar-refractivity contribution in [3.05, 3.63) is 29.5 Å². The van der Waals surface area contributed by atoms with E-state index < -0.39 is 5.97 Å². The van der Waals surface area contributed by atoms with Gasteiger partial charge in [-0.3, -0.25) is 0 Å². The molecule has 0 aliphatic heterocycles. The first-order chi connectivity index (χ1) is 10.2. The van der Waals surface area contributed by atoms with Gasteiger partial charge in [-0.15, -0.1) is 0 Å². The number of nitrogen functional groups attached to an aromatic ring is 1. The minimum Gasteiger partial charge on any atom is -0.481 e. The molecule has 0 saturated heterocycles. The summed E-state index contributed by atoms with van der Waals surface area (Å²) in [5.41, 5.74) is 6.96. The number of hydrogen-bond donors (Lipinski definition) is 2. The monoisotopic (exact) mass is 308 g/mol. The molecule has 112 valence electrons. The number of anilines is 2. The van der Waals surface area contributed by atoms with Gasteiger partial charge in [-0.25, -0.2) is 9.78 Å². The van der Waals surface area contributed by atoms with Crippen molar-refractivity contribution in [1.29, 1.82) is 0 Å². The number of hydrogen-bond acceptors (Lipinski definition) is 8. The first-order valence-corrected chi connectivity index (χ1v) is 7.08. The van der Waals surface area contributed by atoms with E-state index in [9.17, 15) is 4.79 Å². The number of esters is 1. The largest absolute Gasteiger partial charge is 0.481 e. The number of rotatable bonds is 6. The molecule has 2 heterocycles. The zero-order valence-electron chi connectivity index (χ0n) is 11.8. The Morgan fingerprint density at radius 2 is 2.33 bits per heavy atom. The molecule has 0 atom stereocenters. The van der Waals surface area contributed by atoms with E-state index >= 15 is 0 Å². The van der Waals surface area contributed by atoms with Gasteiger partial charge in [-0.1, -0.05) is 0 Å². The Hall–Kier alpha value is -2.35. The molecule has 0 bridgehead atoms. The van der Waals surface area contributed by atoms with E-state index in [2.05, 4.69) is 14.7 Å². The van der Waals surface area contributed by atoms with E-state index in [1.165, 1.54) is 0 Å². The molecule has 0 radical (unpaired) electrons. The predicted octanol–water partition coefficient (Wildman–Crippen LogP) is 1.92. The summed E-state index contributed by atoms with van der Waals surface area (Å²) in [5.74, 6) is 0.232. The second-order valence-electron chi connectivity index (χ2n) is 4.05. The van der Waals surface area contributed by atoms with Crippen LogP contribution in [0.3, 0.4) is 0 Å². The van der Waals surface area contributed by atoms with E-state index in [1.807, 2.05) is 6.07 Å². The molecule has 0 aliphatic carbocycles. The number of nitrogens with two attached hydrogens (primary N) is 1. The Kier molecular flexibility index (Phi) is 4.94. The van der Waals surface area contributed by atoms with Gasteiger partial charge >= 0.3 is 5.97 Å². The van der Waals surface area contributed by atoms with E-state index in [0.717, 1.165) is 17.1 Å². The van der Waals surface area contributed by atoms with Crippen LogP contribution in [0.15, 0.2) is 18.3 Å². The van der Waals surface area contributed by atoms with Gasteiger partial charge in [0.1, 0.15) is 10.6 Å². The van der Waals surface area contributed by atoms with Gasteiger partial charge in [0.2, 0.25) is 5.88 Å². The maximum Gasteiger partial charge on any atom is 0.344 e. The topological polar surface area (TPSA) is 99.4 Å². The van der Waals surface area contributed by atoms with Gasteiger partial charge in [-0.05, 0) is 30.1 Å². The maximum absolute atomic E-state index is 11.9. The van der Waals surface area contributed by atoms with Crippen molar-refractivity contribution in [1.82, 2.24) is 9.36 Å². The van der Waals surface area contributed by atoms with Crippen LogP contribution in [0, 0.1) is 0 Å². The number of ether oxygens (including phenoxy) is 2. The van der Waals surface area contributed by atoms with Gasteiger partial charge in [-0.2, -0.15) is 4.37 Å². The first-order valence-electron chi connectivity index (χ1n) is 6.30. The van der Waals surface area contributed by atoms with Crippen LogP contribution in [0.4, 0.5) is 10.8 Å². The van der Waals surface area contributed by atoms with Crippen molar-refractivity contribution in [2.75, 3.05) is 24.8 Å². The molecule has 2 aromatic heterocycles. The maximum atomic E-state index is 11.9. The van der Waals surface area contributed by atoms with Crippen LogP contribution in [-0.4, -0.2) is 29.0 Å². The number of carbonyl (C=O) groups excluding carboxylic acids is 1. The average Bonchev–Trinajstić information content (AvgIpc) is 2.86. The second kappa shape index (κ2) is 6.89. The number of aromatic nitrogens is 2. The lowest BCUT2D eigenvalue weighted by Gasteiger charge is -2.07. The summed E-state index contributed by atoms with van der Waals surface area (Å²) in [4.78, 5) is 15.9. The van der Waals surface area contributed by atoms with Crippen LogP contribution >= 0.6 is 11.5 Å². The van der Waals surface area contributed by atoms with Crippen LogP contribution < -0.4 is 15.8 Å². The minimum atomic E-state index is -0.474. The summed E-state index contributed by atoms with van der Waals surface area (Å²) < 4.78 is 14.0. The van der Waals surface area contributed by atoms with Crippen molar-refractivity contribution in [3.63, 3.8) is 0 Å². The lowest BCUT2D eigenvalue weighted by atomic mass is 10.2. The van der Waals surface area contributed by atoms with E-state index in [4.69, 9.17) is 15.2 Å². The normalized spacial score (nSPS) is 10.2. The molecule has 2 rings (SSSR count). The molecule has 0 aliphatic rings. The fourth-order valence-corrected chi connectivity index (χ4v) is 2.37. The van der Waals surface area contributed by atoms with Crippen molar-refractivity contribution >= 4 is 28.3 Å². The Balaban J connectivity index is 2.11. The third kappa shape index (κ3) is 3.60. The standard InChI is InChI=1S/C13H16N4O3S/c1-3-20-13(18)10-11(14)17-21-12(10)16-7-8-4-5-15-9(6-8)19-2/h4-6,16H,3,7H2,1-2H3,(H2,14,17). The molecule has 3 N–H and O–H groups in total. The molecule has 0 amide bonds. The highest BCUT2D eigenvalue weighted by Crippen LogP contribution is 2.28. The van der Waals surface area contributed by atoms with Crippen LogP contribution in [0.1, 0.15) is 22.8 Å². The lowest BCUT2D eigenvalue weighted by Crippen LogP contribution is -2.10. The van der Waals surface area contributed by atoms with E-state index in [-0.39, 0.29) is 18.0 Å². The Bertz CT molecular complexity index is 630. The Morgan fingerprint density at radius 3 is 3.05 bits per heavy atom. The highest BCUT2D eigenvalue weighted by molar-refractivity contribution is 7.11. The molecule has 2 aromatic rings. The summed E-state index contributed by atoms with van der Waals surface area (Å²) >= 11 is 1.13. The van der Waals surface area contributed by atoms with Crippen molar-refractivity contribution in [3.8, 4) is 5.88 Å². The summed E-state index contributed by atoms with van der Waals surface area (Å²) in [6.45, 7) is 2.52. The summed E-state index contributed by atoms with van der Waals surface area (Å²) in [6, 6.07) is 3.66. The molecule has 7 nitrogen and oxygen atoms in total. The fraction of sp³-hybridized carbons (Fsp3) is 0.308. The molecule has 8 heteroatoms. The summed E-state index contributed by atoms with van der Waals surface area (Å²) in [5, 5.41) is 3.72. The predicted molar refractivity (Wildman–Crippen MR) is 80.6 cm³/mol. The number of carbonyl (C=O) groups is 1. The molecular weight excluding hydrogens is 292 g/mol. The van der Waals surface area contributed by atoms with Crippen LogP contribution in [0.2, 0.25) is 0 Å². The quantitative estimate of drug-likeness (QED) is 0.786. The van der Waals surface area contributed by atoms with Gasteiger partial charge in [0, 0.05) is 18.8 Å². The highest BCUT2D eigenvalue weighted by atomic mass is 32.1. The molecule has 0 unspecified atom stereocenters. The van der Waals surface area contributed by atoms with E-state index in [0.29, 0.717) is 17.4 Å². The van der Waals surface area contributed by atoms with Crippen LogP contribution in [0.25, 0.3) is 0 Å². The second-order valence-corrected chi connectivity index (χ2v) is 4.83. The summed E-state index contributed by atoms with van der Waals surface area (Å²) in [7, 11) is 1.56. The van der Waals surface area contributed by atoms with Crippen LogP contribution in [0.5, 0.6) is 5.88 Å². The van der Waals surface area contributed by atoms with Crippen molar-refractivity contribution in [2.45, 2.75) is 13.5 Å². The zero-order chi connectivity index (χ0) is 15.2. The van der Waals surface area contributed by atoms with E-state index in [1.54, 1.807) is 26.3 Å². The molecular formula is C13H16N4O3S. The highest BCUT2D eigenvalue weighted by Gasteiger charge is 2.20. The Labute approximate surface area is 126 Å². The van der Waals surface area contributed by atoms with Crippen molar-refractivity contribution < 1.29 is 14.3 Å².